The Morgan fingerprint density at radius 2 is 2.00 bits per heavy atom. The number of H-pyrrole nitrogens is 1. The molecule has 0 amide bonds. The predicted molar refractivity (Wildman–Crippen MR) is 83.6 cm³/mol. The van der Waals surface area contributed by atoms with E-state index in [9.17, 15) is 0 Å². The van der Waals surface area contributed by atoms with Crippen molar-refractivity contribution < 1.29 is 9.47 Å². The third-order valence-corrected chi connectivity index (χ3v) is 4.80. The fourth-order valence-electron chi connectivity index (χ4n) is 3.71. The number of piperidine rings is 1. The van der Waals surface area contributed by atoms with Crippen LogP contribution in [-0.4, -0.2) is 29.0 Å². The monoisotopic (exact) mass is 284 g/mol. The van der Waals surface area contributed by atoms with Crippen LogP contribution in [0.5, 0.6) is 0 Å². The zero-order valence-electron chi connectivity index (χ0n) is 12.7. The number of nitrogens with zero attached hydrogens (tertiary/aromatic N) is 2. The molecule has 110 valence electrons. The van der Waals surface area contributed by atoms with Gasteiger partial charge in [-0.2, -0.15) is 4.40 Å². The first-order valence-corrected chi connectivity index (χ1v) is 8.15. The minimum Gasteiger partial charge on any atom is -0.332 e. The lowest BCUT2D eigenvalue weighted by atomic mass is 10.1. The summed E-state index contributed by atoms with van der Waals surface area (Å²) in [5.41, 5.74) is 3.85. The second-order valence-electron chi connectivity index (χ2n) is 6.33. The van der Waals surface area contributed by atoms with Crippen molar-refractivity contribution >= 4 is 16.8 Å². The van der Waals surface area contributed by atoms with Gasteiger partial charge in [-0.25, -0.2) is 9.55 Å². The van der Waals surface area contributed by atoms with E-state index in [-0.39, 0.29) is 0 Å². The third kappa shape index (κ3) is 2.23. The lowest BCUT2D eigenvalue weighted by molar-refractivity contribution is -0.920. The Morgan fingerprint density at radius 1 is 1.19 bits per heavy atom. The molecule has 4 heteroatoms. The molecule has 1 aliphatic rings. The predicted octanol–water partition coefficient (Wildman–Crippen LogP) is 1.09. The van der Waals surface area contributed by atoms with Crippen LogP contribution < -0.4 is 9.47 Å². The number of aromatic amines is 1. The number of aromatic nitrogens is 3. The number of aryl methyl sites for hydroxylation is 1. The fourth-order valence-corrected chi connectivity index (χ4v) is 3.71. The van der Waals surface area contributed by atoms with Gasteiger partial charge in [0.1, 0.15) is 36.0 Å². The molecule has 0 spiro atoms. The molecule has 3 aromatic rings. The SMILES string of the molecule is Cc1cn2c3ccccc3[n+](CC[NH+]3CCCCC3)c2[nH]1. The summed E-state index contributed by atoms with van der Waals surface area (Å²) in [6, 6.07) is 8.70. The van der Waals surface area contributed by atoms with E-state index in [4.69, 9.17) is 0 Å². The summed E-state index contributed by atoms with van der Waals surface area (Å²) < 4.78 is 4.74. The zero-order chi connectivity index (χ0) is 14.2. The van der Waals surface area contributed by atoms with Crippen molar-refractivity contribution in [2.24, 2.45) is 0 Å². The number of nitrogens with one attached hydrogen (secondary N) is 2. The van der Waals surface area contributed by atoms with E-state index >= 15 is 0 Å². The number of imidazole rings is 2. The van der Waals surface area contributed by atoms with E-state index in [1.807, 2.05) is 0 Å². The molecule has 0 unspecified atom stereocenters. The molecule has 0 saturated carbocycles. The number of hydrogen-bond donors (Lipinski definition) is 2. The highest BCUT2D eigenvalue weighted by Gasteiger charge is 2.21. The van der Waals surface area contributed by atoms with Crippen molar-refractivity contribution in [2.75, 3.05) is 19.6 Å². The average Bonchev–Trinajstić information content (AvgIpc) is 3.02. The molecule has 0 atom stereocenters. The zero-order valence-corrected chi connectivity index (χ0v) is 12.7. The minimum absolute atomic E-state index is 1.09. The van der Waals surface area contributed by atoms with Gasteiger partial charge in [0.05, 0.1) is 13.1 Å². The van der Waals surface area contributed by atoms with Crippen molar-refractivity contribution in [1.29, 1.82) is 0 Å². The largest absolute Gasteiger partial charge is 0.368 e. The van der Waals surface area contributed by atoms with Crippen LogP contribution in [-0.2, 0) is 6.54 Å². The van der Waals surface area contributed by atoms with Crippen molar-refractivity contribution in [1.82, 2.24) is 9.38 Å². The van der Waals surface area contributed by atoms with Gasteiger partial charge in [0.15, 0.2) is 0 Å². The van der Waals surface area contributed by atoms with Crippen molar-refractivity contribution in [3.8, 4) is 0 Å². The number of rotatable bonds is 3. The molecule has 21 heavy (non-hydrogen) atoms. The molecule has 1 saturated heterocycles. The lowest BCUT2D eigenvalue weighted by Crippen LogP contribution is -3.13. The molecule has 4 rings (SSSR count). The number of para-hydroxylation sites is 2. The molecule has 1 aliphatic heterocycles. The third-order valence-electron chi connectivity index (χ3n) is 4.80. The Bertz CT molecular complexity index is 762. The molecule has 2 N–H and O–H groups in total. The summed E-state index contributed by atoms with van der Waals surface area (Å²) in [5, 5.41) is 0. The Labute approximate surface area is 125 Å². The van der Waals surface area contributed by atoms with Crippen LogP contribution in [0.3, 0.4) is 0 Å². The fraction of sp³-hybridized carbons (Fsp3) is 0.471. The van der Waals surface area contributed by atoms with Crippen molar-refractivity contribution in [3.05, 3.63) is 36.2 Å². The van der Waals surface area contributed by atoms with Crippen LogP contribution in [0, 0.1) is 6.92 Å². The minimum atomic E-state index is 1.09. The highest BCUT2D eigenvalue weighted by molar-refractivity contribution is 5.74. The van der Waals surface area contributed by atoms with Gasteiger partial charge < -0.3 is 4.90 Å². The first kappa shape index (κ1) is 12.9. The van der Waals surface area contributed by atoms with E-state index in [2.05, 4.69) is 51.3 Å². The Balaban J connectivity index is 1.71. The maximum Gasteiger partial charge on any atom is 0.368 e. The average molecular weight is 284 g/mol. The molecular weight excluding hydrogens is 260 g/mol. The first-order chi connectivity index (χ1) is 10.3. The van der Waals surface area contributed by atoms with Crippen LogP contribution >= 0.6 is 0 Å². The van der Waals surface area contributed by atoms with Crippen molar-refractivity contribution in [2.45, 2.75) is 32.7 Å². The highest BCUT2D eigenvalue weighted by atomic mass is 15.2. The van der Waals surface area contributed by atoms with E-state index in [0.717, 1.165) is 6.54 Å². The number of hydrogen-bond acceptors (Lipinski definition) is 0. The summed E-state index contributed by atoms with van der Waals surface area (Å²) in [5.74, 6) is 1.21. The van der Waals surface area contributed by atoms with Gasteiger partial charge >= 0.3 is 5.78 Å². The van der Waals surface area contributed by atoms with Gasteiger partial charge in [-0.15, -0.1) is 0 Å². The van der Waals surface area contributed by atoms with Gasteiger partial charge in [0.2, 0.25) is 0 Å². The number of likely N-dealkylation sites (tertiary alicyclic amines) is 1. The summed E-state index contributed by atoms with van der Waals surface area (Å²) in [6.45, 7) is 7.14. The van der Waals surface area contributed by atoms with Crippen LogP contribution in [0.15, 0.2) is 30.5 Å². The standard InChI is InChI=1S/C17H22N4/c1-14-13-21-16-8-4-3-7-15(16)20(17(21)18-14)12-11-19-9-5-2-6-10-19/h3-4,7-8,13H,2,5-6,9-12H2,1H3/p+2. The first-order valence-electron chi connectivity index (χ1n) is 8.15. The molecule has 4 nitrogen and oxygen atoms in total. The van der Waals surface area contributed by atoms with Gasteiger partial charge in [-0.3, -0.25) is 0 Å². The quantitative estimate of drug-likeness (QED) is 0.674. The van der Waals surface area contributed by atoms with Gasteiger partial charge in [0.25, 0.3) is 0 Å². The van der Waals surface area contributed by atoms with E-state index in [1.54, 1.807) is 4.90 Å². The van der Waals surface area contributed by atoms with Gasteiger partial charge in [-0.05, 0) is 38.3 Å². The Hall–Kier alpha value is -1.81. The maximum atomic E-state index is 3.52. The molecule has 0 aliphatic carbocycles. The number of benzene rings is 1. The summed E-state index contributed by atoms with van der Waals surface area (Å²) in [6.07, 6.45) is 6.41. The van der Waals surface area contributed by atoms with Crippen molar-refractivity contribution in [3.63, 3.8) is 0 Å². The molecular formula is C17H24N4+2. The highest BCUT2D eigenvalue weighted by Crippen LogP contribution is 2.14. The van der Waals surface area contributed by atoms with E-state index in [0.29, 0.717) is 0 Å². The summed E-state index contributed by atoms with van der Waals surface area (Å²) in [7, 11) is 0. The summed E-state index contributed by atoms with van der Waals surface area (Å²) >= 11 is 0. The van der Waals surface area contributed by atoms with Crippen LogP contribution in [0.2, 0.25) is 0 Å². The van der Waals surface area contributed by atoms with E-state index < -0.39 is 0 Å². The molecule has 1 aromatic carbocycles. The van der Waals surface area contributed by atoms with Crippen LogP contribution in [0.1, 0.15) is 25.0 Å². The number of quaternary nitrogens is 1. The van der Waals surface area contributed by atoms with Gasteiger partial charge in [0, 0.05) is 0 Å². The molecule has 0 radical (unpaired) electrons. The molecule has 1 fully saturated rings. The Kier molecular flexibility index (Phi) is 3.19. The second kappa shape index (κ2) is 5.19. The smallest absolute Gasteiger partial charge is 0.332 e. The Morgan fingerprint density at radius 3 is 2.86 bits per heavy atom. The number of fused-ring (bicyclic) bond motifs is 3. The maximum absolute atomic E-state index is 3.52. The molecule has 2 aromatic heterocycles. The molecule has 3 heterocycles. The van der Waals surface area contributed by atoms with Gasteiger partial charge in [-0.1, -0.05) is 12.1 Å². The second-order valence-corrected chi connectivity index (χ2v) is 6.33. The normalized spacial score (nSPS) is 17.0. The lowest BCUT2D eigenvalue weighted by Gasteiger charge is -2.22. The van der Waals surface area contributed by atoms with Crippen LogP contribution in [0.25, 0.3) is 16.8 Å². The van der Waals surface area contributed by atoms with Crippen LogP contribution in [0.4, 0.5) is 0 Å². The van der Waals surface area contributed by atoms with E-state index in [1.165, 1.54) is 61.4 Å². The summed E-state index contributed by atoms with van der Waals surface area (Å²) in [4.78, 5) is 5.29. The molecule has 0 bridgehead atoms. The topological polar surface area (TPSA) is 28.5 Å².